The largest absolute Gasteiger partial charge is 0.383 e. The number of rotatable bonds is 7. The van der Waals surface area contributed by atoms with Gasteiger partial charge in [-0.05, 0) is 32.8 Å². The fourth-order valence-corrected chi connectivity index (χ4v) is 3.68. The number of piperidine rings is 1. The average molecular weight is 400 g/mol. The summed E-state index contributed by atoms with van der Waals surface area (Å²) in [6.07, 6.45) is 6.23. The number of hydrogen-bond donors (Lipinski definition) is 3. The van der Waals surface area contributed by atoms with Crippen molar-refractivity contribution in [3.63, 3.8) is 0 Å². The van der Waals surface area contributed by atoms with Crippen LogP contribution in [0.1, 0.15) is 37.0 Å². The monoisotopic (exact) mass is 400 g/mol. The number of aromatic amines is 1. The molecule has 3 atom stereocenters. The summed E-state index contributed by atoms with van der Waals surface area (Å²) in [4.78, 5) is 38.3. The van der Waals surface area contributed by atoms with Gasteiger partial charge in [0.1, 0.15) is 11.3 Å². The number of H-pyrrole nitrogens is 1. The molecule has 0 radical (unpaired) electrons. The van der Waals surface area contributed by atoms with Crippen LogP contribution in [-0.2, 0) is 9.53 Å². The van der Waals surface area contributed by atoms with E-state index in [1.165, 1.54) is 6.08 Å². The van der Waals surface area contributed by atoms with Crippen LogP contribution in [0.2, 0.25) is 0 Å². The summed E-state index contributed by atoms with van der Waals surface area (Å²) >= 11 is 0. The molecule has 3 N–H and O–H groups in total. The van der Waals surface area contributed by atoms with Crippen LogP contribution in [0.25, 0.3) is 11.2 Å². The molecule has 0 aromatic carbocycles. The SMILES string of the molecule is C=CC(=O)N1CC[C@H](Nc2cnc3[nH]cc(C(=O)N[C@H](C)COC)c3n2)C[C@@H]1C. The molecule has 2 aromatic heterocycles. The molecule has 2 amide bonds. The van der Waals surface area contributed by atoms with Crippen molar-refractivity contribution < 1.29 is 14.3 Å². The van der Waals surface area contributed by atoms with E-state index in [1.807, 2.05) is 18.7 Å². The van der Waals surface area contributed by atoms with Gasteiger partial charge in [0.05, 0.1) is 18.4 Å². The predicted octanol–water partition coefficient (Wildman–Crippen LogP) is 1.70. The van der Waals surface area contributed by atoms with Crippen LogP contribution in [0.5, 0.6) is 0 Å². The fourth-order valence-electron chi connectivity index (χ4n) is 3.68. The summed E-state index contributed by atoms with van der Waals surface area (Å²) in [5.74, 6) is 0.344. The summed E-state index contributed by atoms with van der Waals surface area (Å²) in [7, 11) is 1.59. The number of anilines is 1. The number of ether oxygens (including phenoxy) is 1. The lowest BCUT2D eigenvalue weighted by molar-refractivity contribution is -0.129. The zero-order valence-electron chi connectivity index (χ0n) is 17.1. The highest BCUT2D eigenvalue weighted by atomic mass is 16.5. The van der Waals surface area contributed by atoms with Crippen LogP contribution in [0.3, 0.4) is 0 Å². The summed E-state index contributed by atoms with van der Waals surface area (Å²) in [5.41, 5.74) is 1.52. The molecule has 156 valence electrons. The van der Waals surface area contributed by atoms with Crippen LogP contribution in [0.4, 0.5) is 5.82 Å². The highest BCUT2D eigenvalue weighted by Gasteiger charge is 2.28. The Morgan fingerprint density at radius 1 is 1.52 bits per heavy atom. The fraction of sp³-hybridized carbons (Fsp3) is 0.500. The van der Waals surface area contributed by atoms with E-state index in [-0.39, 0.29) is 29.9 Å². The van der Waals surface area contributed by atoms with Crippen LogP contribution in [-0.4, -0.2) is 70.1 Å². The lowest BCUT2D eigenvalue weighted by Crippen LogP contribution is -2.47. The molecule has 3 rings (SSSR count). The van der Waals surface area contributed by atoms with Gasteiger partial charge in [-0.25, -0.2) is 9.97 Å². The first-order valence-corrected chi connectivity index (χ1v) is 9.76. The summed E-state index contributed by atoms with van der Waals surface area (Å²) in [6.45, 7) is 8.56. The molecule has 0 saturated carbocycles. The van der Waals surface area contributed by atoms with Gasteiger partial charge in [0, 0.05) is 38.0 Å². The number of likely N-dealkylation sites (tertiary alicyclic amines) is 1. The molecule has 9 heteroatoms. The Labute approximate surface area is 169 Å². The van der Waals surface area contributed by atoms with Crippen LogP contribution < -0.4 is 10.6 Å². The number of nitrogens with one attached hydrogen (secondary N) is 3. The van der Waals surface area contributed by atoms with Gasteiger partial charge in [0.25, 0.3) is 5.91 Å². The Morgan fingerprint density at radius 3 is 3.00 bits per heavy atom. The Bertz CT molecular complexity index is 895. The van der Waals surface area contributed by atoms with Crippen molar-refractivity contribution in [1.29, 1.82) is 0 Å². The smallest absolute Gasteiger partial charge is 0.255 e. The second-order valence-corrected chi connectivity index (χ2v) is 7.44. The molecule has 9 nitrogen and oxygen atoms in total. The molecule has 29 heavy (non-hydrogen) atoms. The number of hydrogen-bond acceptors (Lipinski definition) is 6. The minimum absolute atomic E-state index is 0.0390. The molecule has 0 unspecified atom stereocenters. The van der Waals surface area contributed by atoms with Gasteiger partial charge in [-0.1, -0.05) is 6.58 Å². The van der Waals surface area contributed by atoms with E-state index in [0.29, 0.717) is 35.7 Å². The number of carbonyl (C=O) groups is 2. The lowest BCUT2D eigenvalue weighted by atomic mass is 9.98. The highest BCUT2D eigenvalue weighted by Crippen LogP contribution is 2.22. The first kappa shape index (κ1) is 20.8. The quantitative estimate of drug-likeness (QED) is 0.610. The van der Waals surface area contributed by atoms with E-state index in [4.69, 9.17) is 4.74 Å². The zero-order chi connectivity index (χ0) is 21.0. The topological polar surface area (TPSA) is 112 Å². The number of carbonyl (C=O) groups excluding carboxylic acids is 2. The molecule has 1 fully saturated rings. The second-order valence-electron chi connectivity index (χ2n) is 7.44. The van der Waals surface area contributed by atoms with Crippen LogP contribution in [0, 0.1) is 0 Å². The van der Waals surface area contributed by atoms with E-state index in [1.54, 1.807) is 19.5 Å². The molecule has 1 aliphatic heterocycles. The third-order valence-electron chi connectivity index (χ3n) is 5.11. The molecular formula is C20H28N6O3. The van der Waals surface area contributed by atoms with Crippen molar-refractivity contribution in [1.82, 2.24) is 25.2 Å². The van der Waals surface area contributed by atoms with Crippen LogP contribution >= 0.6 is 0 Å². The van der Waals surface area contributed by atoms with Gasteiger partial charge < -0.3 is 25.3 Å². The summed E-state index contributed by atoms with van der Waals surface area (Å²) in [5, 5.41) is 6.28. The molecule has 0 spiro atoms. The van der Waals surface area contributed by atoms with Gasteiger partial charge in [0.2, 0.25) is 5.91 Å². The Morgan fingerprint density at radius 2 is 2.31 bits per heavy atom. The van der Waals surface area contributed by atoms with Gasteiger partial charge in [0.15, 0.2) is 5.65 Å². The molecule has 0 aliphatic carbocycles. The number of aromatic nitrogens is 3. The molecule has 2 aromatic rings. The Balaban J connectivity index is 1.71. The normalized spacial score (nSPS) is 20.3. The Hall–Kier alpha value is -2.94. The molecule has 1 aliphatic rings. The number of fused-ring (bicyclic) bond motifs is 1. The lowest BCUT2D eigenvalue weighted by Gasteiger charge is -2.37. The van der Waals surface area contributed by atoms with E-state index in [2.05, 4.69) is 32.2 Å². The van der Waals surface area contributed by atoms with E-state index in [0.717, 1.165) is 12.8 Å². The molecule has 3 heterocycles. The van der Waals surface area contributed by atoms with Gasteiger partial charge in [-0.15, -0.1) is 0 Å². The third-order valence-corrected chi connectivity index (χ3v) is 5.11. The maximum Gasteiger partial charge on any atom is 0.255 e. The number of amides is 2. The second kappa shape index (κ2) is 9.04. The molecule has 0 bridgehead atoms. The zero-order valence-corrected chi connectivity index (χ0v) is 17.1. The minimum atomic E-state index is -0.225. The van der Waals surface area contributed by atoms with Crippen molar-refractivity contribution in [2.45, 2.75) is 44.8 Å². The maximum atomic E-state index is 12.6. The molecule has 1 saturated heterocycles. The molecular weight excluding hydrogens is 372 g/mol. The van der Waals surface area contributed by atoms with Crippen molar-refractivity contribution in [2.24, 2.45) is 0 Å². The van der Waals surface area contributed by atoms with Crippen LogP contribution in [0.15, 0.2) is 25.0 Å². The number of nitrogens with zero attached hydrogens (tertiary/aromatic N) is 3. The van der Waals surface area contributed by atoms with E-state index in [9.17, 15) is 9.59 Å². The third kappa shape index (κ3) is 4.73. The van der Waals surface area contributed by atoms with Crippen molar-refractivity contribution in [3.8, 4) is 0 Å². The summed E-state index contributed by atoms with van der Waals surface area (Å²) < 4.78 is 5.06. The predicted molar refractivity (Wildman–Crippen MR) is 111 cm³/mol. The maximum absolute atomic E-state index is 12.6. The highest BCUT2D eigenvalue weighted by molar-refractivity contribution is 6.04. The van der Waals surface area contributed by atoms with E-state index < -0.39 is 0 Å². The average Bonchev–Trinajstić information content (AvgIpc) is 3.11. The van der Waals surface area contributed by atoms with E-state index >= 15 is 0 Å². The van der Waals surface area contributed by atoms with Crippen molar-refractivity contribution in [3.05, 3.63) is 30.6 Å². The Kier molecular flexibility index (Phi) is 6.48. The first-order valence-electron chi connectivity index (χ1n) is 9.76. The van der Waals surface area contributed by atoms with Crippen molar-refractivity contribution in [2.75, 3.05) is 25.6 Å². The summed E-state index contributed by atoms with van der Waals surface area (Å²) in [6, 6.07) is 0.166. The van der Waals surface area contributed by atoms with Gasteiger partial charge in [-0.2, -0.15) is 0 Å². The number of methoxy groups -OCH3 is 1. The van der Waals surface area contributed by atoms with Gasteiger partial charge >= 0.3 is 0 Å². The van der Waals surface area contributed by atoms with Crippen molar-refractivity contribution >= 4 is 28.8 Å². The van der Waals surface area contributed by atoms with Gasteiger partial charge in [-0.3, -0.25) is 9.59 Å². The minimum Gasteiger partial charge on any atom is -0.383 e. The first-order chi connectivity index (χ1) is 13.9. The standard InChI is InChI=1S/C20H28N6O3/c1-5-17(27)26-7-6-14(8-13(26)3)24-16-10-22-19-18(25-16)15(9-21-19)20(28)23-12(2)11-29-4/h5,9-10,12-14H,1,6-8,11H2,2-4H3,(H,21,22)(H,23,28)(H,24,25)/t12-,13+,14+/m1/s1.